The Labute approximate surface area is 163 Å². The second-order valence-corrected chi connectivity index (χ2v) is 6.55. The average Bonchev–Trinajstić information content (AvgIpc) is 3.21. The van der Waals surface area contributed by atoms with Crippen molar-refractivity contribution in [3.8, 4) is 17.2 Å². The van der Waals surface area contributed by atoms with Gasteiger partial charge in [-0.15, -0.1) is 0 Å². The molecule has 0 aliphatic carbocycles. The van der Waals surface area contributed by atoms with Gasteiger partial charge in [-0.3, -0.25) is 9.59 Å². The van der Waals surface area contributed by atoms with Crippen molar-refractivity contribution in [1.29, 1.82) is 0 Å². The molecular weight excluding hydrogens is 362 g/mol. The molecule has 2 heterocycles. The van der Waals surface area contributed by atoms with Crippen molar-refractivity contribution in [1.82, 2.24) is 14.9 Å². The number of amides is 1. The standard InChI is InChI=1S/C20H25N3O5/c1-5-13-11-17(24)22-19(21-13)14-7-6-8-23(14)20(25)12-9-15(26-2)18(28-4)16(10-12)27-3/h9-11,14H,5-8H2,1-4H3,(H,21,22,24)/t14-/m0/s1. The summed E-state index contributed by atoms with van der Waals surface area (Å²) in [5.74, 6) is 1.62. The fourth-order valence-electron chi connectivity index (χ4n) is 3.53. The molecule has 0 bridgehead atoms. The molecule has 1 amide bonds. The van der Waals surface area contributed by atoms with Crippen molar-refractivity contribution in [3.05, 3.63) is 45.6 Å². The Bertz CT molecular complexity index is 899. The van der Waals surface area contributed by atoms with Crippen LogP contribution in [-0.2, 0) is 6.42 Å². The molecule has 1 aliphatic heterocycles. The van der Waals surface area contributed by atoms with Gasteiger partial charge >= 0.3 is 0 Å². The summed E-state index contributed by atoms with van der Waals surface area (Å²) in [4.78, 5) is 34.3. The largest absolute Gasteiger partial charge is 0.493 e. The van der Waals surface area contributed by atoms with E-state index in [-0.39, 0.29) is 17.5 Å². The third kappa shape index (κ3) is 3.67. The number of ether oxygens (including phenoxy) is 3. The van der Waals surface area contributed by atoms with Crippen LogP contribution in [0.15, 0.2) is 23.0 Å². The molecule has 1 N–H and O–H groups in total. The summed E-state index contributed by atoms with van der Waals surface area (Å²) in [5.41, 5.74) is 0.940. The van der Waals surface area contributed by atoms with Crippen LogP contribution in [0, 0.1) is 0 Å². The summed E-state index contributed by atoms with van der Waals surface area (Å²) in [6.45, 7) is 2.53. The van der Waals surface area contributed by atoms with Gasteiger partial charge < -0.3 is 24.1 Å². The summed E-state index contributed by atoms with van der Waals surface area (Å²) < 4.78 is 16.0. The van der Waals surface area contributed by atoms with Crippen LogP contribution in [0.1, 0.15) is 47.7 Å². The molecule has 1 aliphatic rings. The quantitative estimate of drug-likeness (QED) is 0.818. The van der Waals surface area contributed by atoms with Crippen molar-refractivity contribution < 1.29 is 19.0 Å². The molecule has 1 aromatic carbocycles. The van der Waals surface area contributed by atoms with Crippen LogP contribution < -0.4 is 19.8 Å². The highest BCUT2D eigenvalue weighted by molar-refractivity contribution is 5.96. The fourth-order valence-corrected chi connectivity index (χ4v) is 3.53. The molecule has 1 atom stereocenters. The number of carbonyl (C=O) groups is 1. The lowest BCUT2D eigenvalue weighted by atomic mass is 10.1. The lowest BCUT2D eigenvalue weighted by molar-refractivity contribution is 0.0728. The predicted molar refractivity (Wildman–Crippen MR) is 103 cm³/mol. The van der Waals surface area contributed by atoms with Gasteiger partial charge in [0.25, 0.3) is 11.5 Å². The van der Waals surface area contributed by atoms with Crippen molar-refractivity contribution in [2.75, 3.05) is 27.9 Å². The molecule has 28 heavy (non-hydrogen) atoms. The average molecular weight is 387 g/mol. The highest BCUT2D eigenvalue weighted by Crippen LogP contribution is 2.39. The minimum absolute atomic E-state index is 0.175. The zero-order valence-corrected chi connectivity index (χ0v) is 16.6. The Morgan fingerprint density at radius 3 is 2.43 bits per heavy atom. The van der Waals surface area contributed by atoms with E-state index in [4.69, 9.17) is 14.2 Å². The van der Waals surface area contributed by atoms with Crippen LogP contribution in [0.3, 0.4) is 0 Å². The minimum Gasteiger partial charge on any atom is -0.493 e. The zero-order chi connectivity index (χ0) is 20.3. The Kier molecular flexibility index (Phi) is 5.87. The number of H-pyrrole nitrogens is 1. The van der Waals surface area contributed by atoms with E-state index in [2.05, 4.69) is 9.97 Å². The topological polar surface area (TPSA) is 93.8 Å². The van der Waals surface area contributed by atoms with E-state index in [0.29, 0.717) is 47.3 Å². The van der Waals surface area contributed by atoms with Gasteiger partial charge in [0.2, 0.25) is 5.75 Å². The first-order chi connectivity index (χ1) is 13.5. The SMILES string of the molecule is CCc1cc(=O)[nH]c([C@@H]2CCCN2C(=O)c2cc(OC)c(OC)c(OC)c2)n1. The number of aryl methyl sites for hydroxylation is 1. The van der Waals surface area contributed by atoms with Gasteiger partial charge in [0.1, 0.15) is 5.82 Å². The normalized spacial score (nSPS) is 16.1. The van der Waals surface area contributed by atoms with Crippen molar-refractivity contribution in [2.45, 2.75) is 32.2 Å². The number of hydrogen-bond acceptors (Lipinski definition) is 6. The maximum Gasteiger partial charge on any atom is 0.254 e. The van der Waals surface area contributed by atoms with E-state index in [1.165, 1.54) is 27.4 Å². The maximum atomic E-state index is 13.3. The summed E-state index contributed by atoms with van der Waals surface area (Å²) in [7, 11) is 4.53. The Hall–Kier alpha value is -3.03. The first-order valence-electron chi connectivity index (χ1n) is 9.23. The third-order valence-electron chi connectivity index (χ3n) is 4.92. The van der Waals surface area contributed by atoms with E-state index >= 15 is 0 Å². The molecule has 1 aromatic heterocycles. The lowest BCUT2D eigenvalue weighted by Gasteiger charge is -2.25. The van der Waals surface area contributed by atoms with Crippen LogP contribution in [0.2, 0.25) is 0 Å². The third-order valence-corrected chi connectivity index (χ3v) is 4.92. The Balaban J connectivity index is 1.98. The highest BCUT2D eigenvalue weighted by atomic mass is 16.5. The molecule has 1 saturated heterocycles. The molecule has 0 spiro atoms. The molecule has 150 valence electrons. The van der Waals surface area contributed by atoms with Crippen LogP contribution in [0.5, 0.6) is 17.2 Å². The zero-order valence-electron chi connectivity index (χ0n) is 16.6. The molecule has 0 radical (unpaired) electrons. The number of rotatable bonds is 6. The molecule has 3 rings (SSSR count). The highest BCUT2D eigenvalue weighted by Gasteiger charge is 2.33. The molecule has 8 heteroatoms. The van der Waals surface area contributed by atoms with Gasteiger partial charge in [0.15, 0.2) is 11.5 Å². The van der Waals surface area contributed by atoms with E-state index in [0.717, 1.165) is 12.8 Å². The number of hydrogen-bond donors (Lipinski definition) is 1. The molecule has 1 fully saturated rings. The Morgan fingerprint density at radius 1 is 1.18 bits per heavy atom. The summed E-state index contributed by atoms with van der Waals surface area (Å²) >= 11 is 0. The summed E-state index contributed by atoms with van der Waals surface area (Å²) in [5, 5.41) is 0. The maximum absolute atomic E-state index is 13.3. The minimum atomic E-state index is -0.272. The van der Waals surface area contributed by atoms with Crippen molar-refractivity contribution in [2.24, 2.45) is 0 Å². The number of methoxy groups -OCH3 is 3. The Morgan fingerprint density at radius 2 is 1.86 bits per heavy atom. The second-order valence-electron chi connectivity index (χ2n) is 6.55. The van der Waals surface area contributed by atoms with E-state index in [9.17, 15) is 9.59 Å². The van der Waals surface area contributed by atoms with Crippen LogP contribution in [0.4, 0.5) is 0 Å². The monoisotopic (exact) mass is 387 g/mol. The van der Waals surface area contributed by atoms with Gasteiger partial charge in [-0.05, 0) is 31.4 Å². The molecule has 2 aromatic rings. The van der Waals surface area contributed by atoms with E-state index < -0.39 is 0 Å². The van der Waals surface area contributed by atoms with Crippen molar-refractivity contribution >= 4 is 5.91 Å². The lowest BCUT2D eigenvalue weighted by Crippen LogP contribution is -2.32. The first-order valence-corrected chi connectivity index (χ1v) is 9.23. The smallest absolute Gasteiger partial charge is 0.254 e. The summed E-state index contributed by atoms with van der Waals surface area (Å²) in [6, 6.07) is 4.49. The van der Waals surface area contributed by atoms with Gasteiger partial charge in [-0.2, -0.15) is 0 Å². The second kappa shape index (κ2) is 8.33. The van der Waals surface area contributed by atoms with Crippen LogP contribution in [0.25, 0.3) is 0 Å². The number of likely N-dealkylation sites (tertiary alicyclic amines) is 1. The number of carbonyl (C=O) groups excluding carboxylic acids is 1. The van der Waals surface area contributed by atoms with Gasteiger partial charge in [0, 0.05) is 23.9 Å². The first kappa shape index (κ1) is 19.7. The molecule has 8 nitrogen and oxygen atoms in total. The van der Waals surface area contributed by atoms with Crippen LogP contribution >= 0.6 is 0 Å². The molecule has 0 saturated carbocycles. The van der Waals surface area contributed by atoms with Gasteiger partial charge in [-0.25, -0.2) is 4.98 Å². The summed E-state index contributed by atoms with van der Waals surface area (Å²) in [6.07, 6.45) is 2.23. The molecular formula is C20H25N3O5. The number of aromatic nitrogens is 2. The van der Waals surface area contributed by atoms with E-state index in [1.54, 1.807) is 17.0 Å². The van der Waals surface area contributed by atoms with Gasteiger partial charge in [-0.1, -0.05) is 6.92 Å². The number of benzene rings is 1. The van der Waals surface area contributed by atoms with Gasteiger partial charge in [0.05, 0.1) is 27.4 Å². The number of nitrogens with one attached hydrogen (secondary N) is 1. The number of aromatic amines is 1. The van der Waals surface area contributed by atoms with Crippen molar-refractivity contribution in [3.63, 3.8) is 0 Å². The molecule has 0 unspecified atom stereocenters. The van der Waals surface area contributed by atoms with Crippen LogP contribution in [-0.4, -0.2) is 48.6 Å². The predicted octanol–water partition coefficient (Wildman–Crippen LogP) is 2.34. The number of nitrogens with zero attached hydrogens (tertiary/aromatic N) is 2. The van der Waals surface area contributed by atoms with E-state index in [1.807, 2.05) is 6.92 Å². The fraction of sp³-hybridized carbons (Fsp3) is 0.450.